The molecule has 1 amide bonds. The molecule has 0 bridgehead atoms. The van der Waals surface area contributed by atoms with Gasteiger partial charge in [-0.3, -0.25) is 14.0 Å². The second-order valence-corrected chi connectivity index (χ2v) is 11.2. The molecule has 184 valence electrons. The highest BCUT2D eigenvalue weighted by Gasteiger charge is 2.28. The van der Waals surface area contributed by atoms with Gasteiger partial charge in [0, 0.05) is 18.1 Å². The topological polar surface area (TPSA) is 69.7 Å². The van der Waals surface area contributed by atoms with E-state index in [2.05, 4.69) is 22.3 Å². The minimum Gasteiger partial charge on any atom is -0.350 e. The molecule has 0 aromatic heterocycles. The molecule has 6 nitrogen and oxygen atoms in total. The van der Waals surface area contributed by atoms with Gasteiger partial charge in [0.1, 0.15) is 6.54 Å². The first-order valence-electron chi connectivity index (χ1n) is 11.4. The van der Waals surface area contributed by atoms with Crippen LogP contribution in [0.5, 0.6) is 0 Å². The van der Waals surface area contributed by atoms with E-state index >= 15 is 0 Å². The SMILES string of the molecule is O=C(CN(c1ccc(Cl)cc1Cl)S(=O)(=O)c1ccccc1)NCc1cccc(CN2CCCC2)c1. The number of amides is 1. The molecule has 1 N–H and O–H groups in total. The van der Waals surface area contributed by atoms with Gasteiger partial charge < -0.3 is 5.32 Å². The van der Waals surface area contributed by atoms with Crippen molar-refractivity contribution in [1.82, 2.24) is 10.2 Å². The average Bonchev–Trinajstić information content (AvgIpc) is 3.35. The van der Waals surface area contributed by atoms with Gasteiger partial charge in [-0.2, -0.15) is 0 Å². The molecule has 1 aliphatic heterocycles. The smallest absolute Gasteiger partial charge is 0.264 e. The largest absolute Gasteiger partial charge is 0.350 e. The van der Waals surface area contributed by atoms with Crippen LogP contribution in [0.1, 0.15) is 24.0 Å². The Hall–Kier alpha value is -2.58. The van der Waals surface area contributed by atoms with E-state index in [1.165, 1.54) is 42.7 Å². The number of nitrogens with one attached hydrogen (secondary N) is 1. The zero-order valence-electron chi connectivity index (χ0n) is 19.2. The summed E-state index contributed by atoms with van der Waals surface area (Å²) in [4.78, 5) is 15.4. The van der Waals surface area contributed by atoms with Crippen molar-refractivity contribution in [2.45, 2.75) is 30.8 Å². The normalized spacial score (nSPS) is 14.1. The van der Waals surface area contributed by atoms with Crippen molar-refractivity contribution in [3.63, 3.8) is 0 Å². The Morgan fingerprint density at radius 2 is 1.63 bits per heavy atom. The first-order chi connectivity index (χ1) is 16.8. The van der Waals surface area contributed by atoms with E-state index in [1.807, 2.05) is 12.1 Å². The summed E-state index contributed by atoms with van der Waals surface area (Å²) in [7, 11) is -4.05. The molecule has 9 heteroatoms. The molecule has 0 spiro atoms. The molecule has 0 radical (unpaired) electrons. The molecule has 0 unspecified atom stereocenters. The van der Waals surface area contributed by atoms with Crippen LogP contribution in [-0.4, -0.2) is 38.9 Å². The molecule has 0 aliphatic carbocycles. The third-order valence-corrected chi connectivity index (χ3v) is 8.19. The Labute approximate surface area is 216 Å². The predicted octanol–water partition coefficient (Wildman–Crippen LogP) is 5.10. The molecular weight excluding hydrogens is 505 g/mol. The molecule has 3 aromatic rings. The lowest BCUT2D eigenvalue weighted by molar-refractivity contribution is -0.119. The van der Waals surface area contributed by atoms with Crippen molar-refractivity contribution < 1.29 is 13.2 Å². The molecule has 0 atom stereocenters. The summed E-state index contributed by atoms with van der Waals surface area (Å²) in [6, 6.07) is 20.5. The highest BCUT2D eigenvalue weighted by molar-refractivity contribution is 7.92. The lowest BCUT2D eigenvalue weighted by atomic mass is 10.1. The van der Waals surface area contributed by atoms with Gasteiger partial charge in [0.15, 0.2) is 0 Å². The first kappa shape index (κ1) is 25.5. The van der Waals surface area contributed by atoms with Gasteiger partial charge in [0.05, 0.1) is 15.6 Å². The van der Waals surface area contributed by atoms with Crippen molar-refractivity contribution in [1.29, 1.82) is 0 Å². The summed E-state index contributed by atoms with van der Waals surface area (Å²) in [6.07, 6.45) is 2.46. The predicted molar refractivity (Wildman–Crippen MR) is 140 cm³/mol. The number of carbonyl (C=O) groups is 1. The van der Waals surface area contributed by atoms with Gasteiger partial charge in [-0.05, 0) is 67.4 Å². The standard InChI is InChI=1S/C26H27Cl2N3O3S/c27-22-11-12-25(24(28)16-22)31(35(33,34)23-9-2-1-3-10-23)19-26(32)29-17-20-7-6-8-21(15-20)18-30-13-4-5-14-30/h1-3,6-12,15-16H,4-5,13-14,17-19H2,(H,29,32). The lowest BCUT2D eigenvalue weighted by Gasteiger charge is -2.25. The van der Waals surface area contributed by atoms with Gasteiger partial charge in [-0.15, -0.1) is 0 Å². The molecule has 4 rings (SSSR count). The summed E-state index contributed by atoms with van der Waals surface area (Å²) in [5.41, 5.74) is 2.33. The summed E-state index contributed by atoms with van der Waals surface area (Å²) in [6.45, 7) is 2.98. The maximum atomic E-state index is 13.4. The monoisotopic (exact) mass is 531 g/mol. The summed E-state index contributed by atoms with van der Waals surface area (Å²) in [5.74, 6) is -0.444. The van der Waals surface area contributed by atoms with E-state index in [4.69, 9.17) is 23.2 Å². The summed E-state index contributed by atoms with van der Waals surface area (Å²) < 4.78 is 27.9. The van der Waals surface area contributed by atoms with Gasteiger partial charge in [-0.25, -0.2) is 8.42 Å². The Morgan fingerprint density at radius 3 is 2.34 bits per heavy atom. The number of hydrogen-bond donors (Lipinski definition) is 1. The number of benzene rings is 3. The number of hydrogen-bond acceptors (Lipinski definition) is 4. The third-order valence-electron chi connectivity index (χ3n) is 5.88. The highest BCUT2D eigenvalue weighted by Crippen LogP contribution is 2.32. The highest BCUT2D eigenvalue weighted by atomic mass is 35.5. The number of sulfonamides is 1. The zero-order chi connectivity index (χ0) is 24.8. The molecule has 0 saturated carbocycles. The summed E-state index contributed by atoms with van der Waals surface area (Å²) in [5, 5.41) is 3.35. The van der Waals surface area contributed by atoms with Crippen LogP contribution in [0.15, 0.2) is 77.7 Å². The van der Waals surface area contributed by atoms with Crippen LogP contribution in [0.2, 0.25) is 10.0 Å². The fraction of sp³-hybridized carbons (Fsp3) is 0.269. The van der Waals surface area contributed by atoms with Crippen LogP contribution in [0.3, 0.4) is 0 Å². The van der Waals surface area contributed by atoms with Gasteiger partial charge in [-0.1, -0.05) is 65.7 Å². The van der Waals surface area contributed by atoms with Crippen LogP contribution in [0, 0.1) is 0 Å². The van der Waals surface area contributed by atoms with E-state index in [0.717, 1.165) is 29.5 Å². The number of halogens is 2. The van der Waals surface area contributed by atoms with Crippen LogP contribution >= 0.6 is 23.2 Å². The molecular formula is C26H27Cl2N3O3S. The minimum absolute atomic E-state index is 0.0634. The van der Waals surface area contributed by atoms with Crippen LogP contribution in [0.25, 0.3) is 0 Å². The van der Waals surface area contributed by atoms with E-state index in [9.17, 15) is 13.2 Å². The Bertz CT molecular complexity index is 1280. The van der Waals surface area contributed by atoms with Crippen LogP contribution in [-0.2, 0) is 27.9 Å². The molecule has 1 heterocycles. The molecule has 3 aromatic carbocycles. The number of carbonyl (C=O) groups excluding carboxylic acids is 1. The van der Waals surface area contributed by atoms with Crippen molar-refractivity contribution in [3.05, 3.63) is 94.0 Å². The number of likely N-dealkylation sites (tertiary alicyclic amines) is 1. The Balaban J connectivity index is 1.50. The molecule has 1 aliphatic rings. The fourth-order valence-corrected chi connectivity index (χ4v) is 6.15. The lowest BCUT2D eigenvalue weighted by Crippen LogP contribution is -2.40. The van der Waals surface area contributed by atoms with Crippen LogP contribution < -0.4 is 9.62 Å². The number of rotatable bonds is 9. The number of anilines is 1. The molecule has 1 fully saturated rings. The molecule has 35 heavy (non-hydrogen) atoms. The van der Waals surface area contributed by atoms with E-state index in [0.29, 0.717) is 11.6 Å². The third kappa shape index (κ3) is 6.55. The number of nitrogens with zero attached hydrogens (tertiary/aromatic N) is 2. The second kappa shape index (κ2) is 11.4. The van der Waals surface area contributed by atoms with Gasteiger partial charge in [0.2, 0.25) is 5.91 Å². The quantitative estimate of drug-likeness (QED) is 0.417. The van der Waals surface area contributed by atoms with Crippen molar-refractivity contribution >= 4 is 44.8 Å². The Morgan fingerprint density at radius 1 is 0.914 bits per heavy atom. The second-order valence-electron chi connectivity index (χ2n) is 8.50. The Kier molecular flexibility index (Phi) is 8.34. The first-order valence-corrected chi connectivity index (χ1v) is 13.6. The molecule has 1 saturated heterocycles. The van der Waals surface area contributed by atoms with Crippen molar-refractivity contribution in [3.8, 4) is 0 Å². The maximum absolute atomic E-state index is 13.4. The fourth-order valence-electron chi connectivity index (χ4n) is 4.13. The van der Waals surface area contributed by atoms with Crippen molar-refractivity contribution in [2.75, 3.05) is 23.9 Å². The van der Waals surface area contributed by atoms with Crippen LogP contribution in [0.4, 0.5) is 5.69 Å². The summed E-state index contributed by atoms with van der Waals surface area (Å²) >= 11 is 12.3. The van der Waals surface area contributed by atoms with E-state index in [-0.39, 0.29) is 15.6 Å². The van der Waals surface area contributed by atoms with Crippen molar-refractivity contribution in [2.24, 2.45) is 0 Å². The minimum atomic E-state index is -4.05. The van der Waals surface area contributed by atoms with Gasteiger partial charge in [0.25, 0.3) is 10.0 Å². The average molecular weight is 532 g/mol. The maximum Gasteiger partial charge on any atom is 0.264 e. The zero-order valence-corrected chi connectivity index (χ0v) is 21.5. The van der Waals surface area contributed by atoms with E-state index in [1.54, 1.807) is 24.3 Å². The van der Waals surface area contributed by atoms with Gasteiger partial charge >= 0.3 is 0 Å². The van der Waals surface area contributed by atoms with E-state index < -0.39 is 22.5 Å².